The second-order valence-corrected chi connectivity index (χ2v) is 8.11. The van der Waals surface area contributed by atoms with Crippen molar-refractivity contribution >= 4 is 29.7 Å². The highest BCUT2D eigenvalue weighted by Crippen LogP contribution is 2.38. The molecule has 0 aromatic heterocycles. The third-order valence-corrected chi connectivity index (χ3v) is 5.62. The molecule has 3 aromatic rings. The van der Waals surface area contributed by atoms with Crippen molar-refractivity contribution in [3.63, 3.8) is 0 Å². The number of carbonyl (C=O) groups excluding carboxylic acids is 2. The molecular weight excluding hydrogens is 516 g/mol. The summed E-state index contributed by atoms with van der Waals surface area (Å²) in [6.07, 6.45) is 1.41. The standard InChI is InChI=1S/C27H27ClN2O8/c1-16-10-19(7-8-20(16)28)37-15-25(31)30-29-14-17-6-9-21(22(11-17)33-2)38-27(32)18-12-23(34-3)26(36-5)24(13-18)35-4/h6-14H,15H2,1-5H3,(H,30,31)/b29-14+. The van der Waals surface area contributed by atoms with Crippen LogP contribution in [0.2, 0.25) is 5.02 Å². The number of rotatable bonds is 11. The third-order valence-electron chi connectivity index (χ3n) is 5.19. The van der Waals surface area contributed by atoms with Gasteiger partial charge in [-0.25, -0.2) is 10.2 Å². The molecule has 3 aromatic carbocycles. The maximum atomic E-state index is 12.8. The van der Waals surface area contributed by atoms with E-state index in [0.29, 0.717) is 33.6 Å². The number of hydrogen-bond acceptors (Lipinski definition) is 9. The van der Waals surface area contributed by atoms with Crippen LogP contribution >= 0.6 is 11.6 Å². The van der Waals surface area contributed by atoms with Crippen molar-refractivity contribution in [2.75, 3.05) is 35.0 Å². The Bertz CT molecular complexity index is 1320. The Morgan fingerprint density at radius 2 is 1.55 bits per heavy atom. The number of methoxy groups -OCH3 is 4. The fourth-order valence-electron chi connectivity index (χ4n) is 3.27. The van der Waals surface area contributed by atoms with Crippen LogP contribution in [0.3, 0.4) is 0 Å². The molecule has 11 heteroatoms. The molecule has 0 saturated carbocycles. The van der Waals surface area contributed by atoms with Crippen LogP contribution in [0, 0.1) is 6.92 Å². The molecule has 0 aliphatic rings. The fourth-order valence-corrected chi connectivity index (χ4v) is 3.39. The average Bonchev–Trinajstić information content (AvgIpc) is 2.93. The van der Waals surface area contributed by atoms with Crippen LogP contribution in [0.25, 0.3) is 0 Å². The Morgan fingerprint density at radius 3 is 2.16 bits per heavy atom. The molecule has 0 aliphatic heterocycles. The Morgan fingerprint density at radius 1 is 0.868 bits per heavy atom. The zero-order valence-electron chi connectivity index (χ0n) is 21.5. The maximum absolute atomic E-state index is 12.8. The van der Waals surface area contributed by atoms with Gasteiger partial charge in [-0.3, -0.25) is 4.79 Å². The zero-order chi connectivity index (χ0) is 27.7. The van der Waals surface area contributed by atoms with E-state index in [1.807, 2.05) is 6.92 Å². The molecule has 0 aliphatic carbocycles. The molecule has 10 nitrogen and oxygen atoms in total. The van der Waals surface area contributed by atoms with Crippen molar-refractivity contribution in [2.24, 2.45) is 5.10 Å². The summed E-state index contributed by atoms with van der Waals surface area (Å²) in [6, 6.07) is 12.9. The average molecular weight is 543 g/mol. The summed E-state index contributed by atoms with van der Waals surface area (Å²) in [6.45, 7) is 1.62. The van der Waals surface area contributed by atoms with Crippen molar-refractivity contribution in [3.05, 3.63) is 70.2 Å². The maximum Gasteiger partial charge on any atom is 0.343 e. The number of ether oxygens (including phenoxy) is 6. The van der Waals surface area contributed by atoms with E-state index >= 15 is 0 Å². The molecule has 0 saturated heterocycles. The first-order chi connectivity index (χ1) is 18.3. The number of esters is 1. The van der Waals surface area contributed by atoms with Crippen LogP contribution in [0.1, 0.15) is 21.5 Å². The van der Waals surface area contributed by atoms with Crippen LogP contribution in [-0.4, -0.2) is 53.1 Å². The minimum absolute atomic E-state index is 0.180. The highest BCUT2D eigenvalue weighted by Gasteiger charge is 2.19. The smallest absolute Gasteiger partial charge is 0.343 e. The SMILES string of the molecule is COc1cc(/C=N/NC(=O)COc2ccc(Cl)c(C)c2)ccc1OC(=O)c1cc(OC)c(OC)c(OC)c1. The lowest BCUT2D eigenvalue weighted by Crippen LogP contribution is -2.24. The van der Waals surface area contributed by atoms with Gasteiger partial charge in [-0.1, -0.05) is 11.6 Å². The van der Waals surface area contributed by atoms with Gasteiger partial charge in [0.1, 0.15) is 5.75 Å². The van der Waals surface area contributed by atoms with Gasteiger partial charge in [-0.05, 0) is 66.6 Å². The molecule has 1 amide bonds. The van der Waals surface area contributed by atoms with Crippen molar-refractivity contribution in [1.29, 1.82) is 0 Å². The zero-order valence-corrected chi connectivity index (χ0v) is 22.3. The molecule has 0 fully saturated rings. The van der Waals surface area contributed by atoms with E-state index in [4.69, 9.17) is 40.0 Å². The summed E-state index contributed by atoms with van der Waals surface area (Å²) in [4.78, 5) is 24.9. The molecule has 0 unspecified atom stereocenters. The quantitative estimate of drug-likeness (QED) is 0.164. The molecule has 1 N–H and O–H groups in total. The van der Waals surface area contributed by atoms with E-state index in [1.54, 1.807) is 36.4 Å². The van der Waals surface area contributed by atoms with Crippen LogP contribution < -0.4 is 33.8 Å². The van der Waals surface area contributed by atoms with Crippen LogP contribution in [0.5, 0.6) is 34.5 Å². The molecule has 0 spiro atoms. The highest BCUT2D eigenvalue weighted by atomic mass is 35.5. The summed E-state index contributed by atoms with van der Waals surface area (Å²) >= 11 is 5.99. The van der Waals surface area contributed by atoms with E-state index in [9.17, 15) is 9.59 Å². The first-order valence-electron chi connectivity index (χ1n) is 11.2. The van der Waals surface area contributed by atoms with Gasteiger partial charge in [-0.2, -0.15) is 5.10 Å². The Kier molecular flexibility index (Phi) is 9.78. The Hall–Kier alpha value is -4.44. The summed E-state index contributed by atoms with van der Waals surface area (Å²) in [7, 11) is 5.80. The van der Waals surface area contributed by atoms with E-state index in [-0.39, 0.29) is 23.7 Å². The lowest BCUT2D eigenvalue weighted by Gasteiger charge is -2.14. The number of aryl methyl sites for hydroxylation is 1. The van der Waals surface area contributed by atoms with Crippen molar-refractivity contribution in [2.45, 2.75) is 6.92 Å². The molecule has 0 heterocycles. The summed E-state index contributed by atoms with van der Waals surface area (Å²) in [5.41, 5.74) is 4.00. The number of hydrazone groups is 1. The van der Waals surface area contributed by atoms with E-state index in [0.717, 1.165) is 5.56 Å². The predicted octanol–water partition coefficient (Wildman–Crippen LogP) is 4.43. The van der Waals surface area contributed by atoms with Gasteiger partial charge in [0, 0.05) is 5.02 Å². The summed E-state index contributed by atoms with van der Waals surface area (Å²) in [5.74, 6) is 0.852. The largest absolute Gasteiger partial charge is 0.493 e. The van der Waals surface area contributed by atoms with Crippen LogP contribution in [-0.2, 0) is 4.79 Å². The molecule has 0 atom stereocenters. The minimum atomic E-state index is -0.660. The van der Waals surface area contributed by atoms with Crippen molar-refractivity contribution < 1.29 is 38.0 Å². The molecule has 0 bridgehead atoms. The normalized spacial score (nSPS) is 10.6. The number of hydrogen-bond donors (Lipinski definition) is 1. The van der Waals surface area contributed by atoms with Crippen LogP contribution in [0.4, 0.5) is 0 Å². The number of carbonyl (C=O) groups is 2. The first-order valence-corrected chi connectivity index (χ1v) is 11.6. The topological polar surface area (TPSA) is 114 Å². The van der Waals surface area contributed by atoms with Gasteiger partial charge >= 0.3 is 5.97 Å². The minimum Gasteiger partial charge on any atom is -0.493 e. The first kappa shape index (κ1) is 28.1. The summed E-state index contributed by atoms with van der Waals surface area (Å²) < 4.78 is 32.2. The molecule has 38 heavy (non-hydrogen) atoms. The van der Waals surface area contributed by atoms with E-state index in [2.05, 4.69) is 10.5 Å². The predicted molar refractivity (Wildman–Crippen MR) is 141 cm³/mol. The molecular formula is C27H27ClN2O8. The number of benzene rings is 3. The van der Waals surface area contributed by atoms with Gasteiger partial charge in [0.05, 0.1) is 40.2 Å². The number of nitrogens with one attached hydrogen (secondary N) is 1. The Labute approximate surface area is 225 Å². The van der Waals surface area contributed by atoms with Crippen molar-refractivity contribution in [1.82, 2.24) is 5.43 Å². The fraction of sp³-hybridized carbons (Fsp3) is 0.222. The van der Waals surface area contributed by atoms with E-state index in [1.165, 1.54) is 46.8 Å². The lowest BCUT2D eigenvalue weighted by atomic mass is 10.1. The van der Waals surface area contributed by atoms with Gasteiger partial charge in [0.25, 0.3) is 5.91 Å². The summed E-state index contributed by atoms with van der Waals surface area (Å²) in [5, 5.41) is 4.54. The molecule has 200 valence electrons. The molecule has 0 radical (unpaired) electrons. The second kappa shape index (κ2) is 13.2. The molecule has 3 rings (SSSR count). The second-order valence-electron chi connectivity index (χ2n) is 7.71. The van der Waals surface area contributed by atoms with E-state index < -0.39 is 11.9 Å². The number of nitrogens with zero attached hydrogens (tertiary/aromatic N) is 1. The monoisotopic (exact) mass is 542 g/mol. The highest BCUT2D eigenvalue weighted by molar-refractivity contribution is 6.31. The van der Waals surface area contributed by atoms with Gasteiger partial charge in [0.2, 0.25) is 5.75 Å². The van der Waals surface area contributed by atoms with Gasteiger partial charge < -0.3 is 28.4 Å². The van der Waals surface area contributed by atoms with Gasteiger partial charge in [-0.15, -0.1) is 0 Å². The van der Waals surface area contributed by atoms with Gasteiger partial charge in [0.15, 0.2) is 29.6 Å². The third kappa shape index (κ3) is 7.07. The van der Waals surface area contributed by atoms with Crippen LogP contribution in [0.15, 0.2) is 53.6 Å². The van der Waals surface area contributed by atoms with Crippen molar-refractivity contribution in [3.8, 4) is 34.5 Å². The lowest BCUT2D eigenvalue weighted by molar-refractivity contribution is -0.123. The number of halogens is 1. The number of amides is 1. The Balaban J connectivity index is 1.63.